The van der Waals surface area contributed by atoms with E-state index >= 15 is 0 Å². The maximum absolute atomic E-state index is 12.8. The van der Waals surface area contributed by atoms with Crippen molar-refractivity contribution in [3.05, 3.63) is 35.6 Å². The highest BCUT2D eigenvalue weighted by Gasteiger charge is 2.31. The van der Waals surface area contributed by atoms with Crippen LogP contribution in [0.25, 0.3) is 0 Å². The molecular formula is C15H18FNO3S. The van der Waals surface area contributed by atoms with Crippen LogP contribution < -0.4 is 0 Å². The first-order valence-corrected chi connectivity index (χ1v) is 8.08. The number of carbonyl (C=O) groups excluding carboxylic acids is 1. The van der Waals surface area contributed by atoms with E-state index in [0.29, 0.717) is 18.7 Å². The molecule has 1 fully saturated rings. The second kappa shape index (κ2) is 7.45. The van der Waals surface area contributed by atoms with Crippen molar-refractivity contribution < 1.29 is 19.1 Å². The Kier molecular flexibility index (Phi) is 5.61. The maximum atomic E-state index is 12.8. The van der Waals surface area contributed by atoms with E-state index in [2.05, 4.69) is 0 Å². The third-order valence-corrected chi connectivity index (χ3v) is 4.50. The fourth-order valence-electron chi connectivity index (χ4n) is 2.41. The zero-order valence-corrected chi connectivity index (χ0v) is 12.4. The average Bonchev–Trinajstić information content (AvgIpc) is 2.49. The molecule has 1 aliphatic heterocycles. The minimum Gasteiger partial charge on any atom is -0.480 e. The molecule has 0 aliphatic carbocycles. The summed E-state index contributed by atoms with van der Waals surface area (Å²) >= 11 is 1.42. The molecule has 4 nitrogen and oxygen atoms in total. The number of amides is 1. The van der Waals surface area contributed by atoms with Crippen LogP contribution in [0.5, 0.6) is 0 Å². The van der Waals surface area contributed by atoms with E-state index < -0.39 is 12.0 Å². The summed E-state index contributed by atoms with van der Waals surface area (Å²) in [5.74, 6) is -0.475. The average molecular weight is 311 g/mol. The molecule has 1 saturated heterocycles. The Morgan fingerprint density at radius 2 is 2.00 bits per heavy atom. The van der Waals surface area contributed by atoms with Crippen LogP contribution in [0.2, 0.25) is 0 Å². The molecule has 6 heteroatoms. The molecule has 1 N–H and O–H groups in total. The molecule has 1 aromatic carbocycles. The summed E-state index contributed by atoms with van der Waals surface area (Å²) in [7, 11) is 0. The van der Waals surface area contributed by atoms with Crippen molar-refractivity contribution in [2.75, 3.05) is 12.3 Å². The highest BCUT2D eigenvalue weighted by atomic mass is 32.2. The van der Waals surface area contributed by atoms with Gasteiger partial charge in [0.1, 0.15) is 11.9 Å². The molecule has 1 amide bonds. The zero-order chi connectivity index (χ0) is 15.2. The molecule has 0 saturated carbocycles. The number of likely N-dealkylation sites (tertiary alicyclic amines) is 1. The fourth-order valence-corrected chi connectivity index (χ4v) is 3.28. The predicted octanol–water partition coefficient (Wildman–Crippen LogP) is 2.52. The second-order valence-electron chi connectivity index (χ2n) is 5.06. The van der Waals surface area contributed by atoms with Crippen LogP contribution in [0, 0.1) is 5.82 Å². The summed E-state index contributed by atoms with van der Waals surface area (Å²) in [6.07, 6.45) is 2.24. The molecule has 114 valence electrons. The van der Waals surface area contributed by atoms with Gasteiger partial charge in [-0.3, -0.25) is 4.79 Å². The Bertz CT molecular complexity index is 506. The number of carboxylic acid groups (broad SMARTS) is 1. The number of rotatable bonds is 5. The molecule has 1 aromatic rings. The topological polar surface area (TPSA) is 57.6 Å². The van der Waals surface area contributed by atoms with Gasteiger partial charge in [-0.15, -0.1) is 11.8 Å². The van der Waals surface area contributed by atoms with E-state index in [9.17, 15) is 14.0 Å². The Morgan fingerprint density at radius 3 is 2.67 bits per heavy atom. The minimum atomic E-state index is -0.924. The Morgan fingerprint density at radius 1 is 1.29 bits per heavy atom. The first-order valence-electron chi connectivity index (χ1n) is 6.92. The van der Waals surface area contributed by atoms with Gasteiger partial charge in [0.15, 0.2) is 0 Å². The molecule has 21 heavy (non-hydrogen) atoms. The lowest BCUT2D eigenvalue weighted by Crippen LogP contribution is -2.48. The van der Waals surface area contributed by atoms with E-state index in [4.69, 9.17) is 5.11 Å². The number of benzene rings is 1. The van der Waals surface area contributed by atoms with Crippen molar-refractivity contribution in [1.29, 1.82) is 0 Å². The number of thioether (sulfide) groups is 1. The molecule has 0 radical (unpaired) electrons. The van der Waals surface area contributed by atoms with Crippen molar-refractivity contribution >= 4 is 23.6 Å². The number of carboxylic acids is 1. The Hall–Kier alpha value is -1.56. The van der Waals surface area contributed by atoms with E-state index in [-0.39, 0.29) is 17.5 Å². The highest BCUT2D eigenvalue weighted by Crippen LogP contribution is 2.20. The van der Waals surface area contributed by atoms with Crippen LogP contribution in [0.1, 0.15) is 24.8 Å². The van der Waals surface area contributed by atoms with E-state index in [0.717, 1.165) is 18.4 Å². The van der Waals surface area contributed by atoms with Crippen molar-refractivity contribution in [3.63, 3.8) is 0 Å². The standard InChI is InChI=1S/C15H18FNO3S/c16-12-6-4-11(5-7-12)9-21-10-14(18)17-8-2-1-3-13(17)15(19)20/h4-7,13H,1-3,8-10H2,(H,19,20). The molecule has 0 bridgehead atoms. The van der Waals surface area contributed by atoms with Gasteiger partial charge in [-0.1, -0.05) is 12.1 Å². The van der Waals surface area contributed by atoms with Gasteiger partial charge in [0.2, 0.25) is 5.91 Å². The normalized spacial score (nSPS) is 18.5. The van der Waals surface area contributed by atoms with E-state index in [1.54, 1.807) is 12.1 Å². The lowest BCUT2D eigenvalue weighted by atomic mass is 10.0. The number of carbonyl (C=O) groups is 2. The predicted molar refractivity (Wildman–Crippen MR) is 79.5 cm³/mol. The van der Waals surface area contributed by atoms with E-state index in [1.807, 2.05) is 0 Å². The first-order chi connectivity index (χ1) is 10.1. The largest absolute Gasteiger partial charge is 0.480 e. The number of piperidine rings is 1. The SMILES string of the molecule is O=C(O)C1CCCCN1C(=O)CSCc1ccc(F)cc1. The molecular weight excluding hydrogens is 293 g/mol. The molecule has 1 unspecified atom stereocenters. The fraction of sp³-hybridized carbons (Fsp3) is 0.467. The molecule has 1 heterocycles. The monoisotopic (exact) mass is 311 g/mol. The lowest BCUT2D eigenvalue weighted by molar-refractivity contribution is -0.150. The molecule has 1 atom stereocenters. The van der Waals surface area contributed by atoms with Crippen LogP contribution in [0.15, 0.2) is 24.3 Å². The van der Waals surface area contributed by atoms with Gasteiger partial charge >= 0.3 is 5.97 Å². The third-order valence-electron chi connectivity index (χ3n) is 3.52. The number of nitrogens with zero attached hydrogens (tertiary/aromatic N) is 1. The Balaban J connectivity index is 1.83. The summed E-state index contributed by atoms with van der Waals surface area (Å²) in [6, 6.07) is 5.48. The summed E-state index contributed by atoms with van der Waals surface area (Å²) in [5, 5.41) is 9.15. The zero-order valence-electron chi connectivity index (χ0n) is 11.6. The van der Waals surface area contributed by atoms with Crippen LogP contribution in [-0.2, 0) is 15.3 Å². The number of hydrogen-bond donors (Lipinski definition) is 1. The van der Waals surface area contributed by atoms with Crippen LogP contribution in [-0.4, -0.2) is 40.2 Å². The van der Waals surface area contributed by atoms with Gasteiger partial charge < -0.3 is 10.0 Å². The lowest BCUT2D eigenvalue weighted by Gasteiger charge is -2.32. The summed E-state index contributed by atoms with van der Waals surface area (Å²) in [6.45, 7) is 0.521. The van der Waals surface area contributed by atoms with Gasteiger partial charge in [0.05, 0.1) is 5.75 Å². The minimum absolute atomic E-state index is 0.130. The molecule has 2 rings (SSSR count). The van der Waals surface area contributed by atoms with Crippen LogP contribution in [0.3, 0.4) is 0 Å². The van der Waals surface area contributed by atoms with Crippen LogP contribution >= 0.6 is 11.8 Å². The third kappa shape index (κ3) is 4.46. The van der Waals surface area contributed by atoms with Gasteiger partial charge in [-0.2, -0.15) is 0 Å². The highest BCUT2D eigenvalue weighted by molar-refractivity contribution is 7.99. The number of aliphatic carboxylic acids is 1. The molecule has 0 aromatic heterocycles. The summed E-state index contributed by atoms with van der Waals surface area (Å²) in [4.78, 5) is 24.8. The van der Waals surface area contributed by atoms with Crippen LogP contribution in [0.4, 0.5) is 4.39 Å². The molecule has 0 spiro atoms. The number of hydrogen-bond acceptors (Lipinski definition) is 3. The van der Waals surface area contributed by atoms with Crippen molar-refractivity contribution in [2.45, 2.75) is 31.1 Å². The Labute approximate surface area is 127 Å². The van der Waals surface area contributed by atoms with Gasteiger partial charge in [0, 0.05) is 12.3 Å². The summed E-state index contributed by atoms with van der Waals surface area (Å²) < 4.78 is 12.8. The molecule has 1 aliphatic rings. The van der Waals surface area contributed by atoms with Gasteiger partial charge in [-0.05, 0) is 37.0 Å². The quantitative estimate of drug-likeness (QED) is 0.908. The van der Waals surface area contributed by atoms with Gasteiger partial charge in [-0.25, -0.2) is 9.18 Å². The second-order valence-corrected chi connectivity index (χ2v) is 6.04. The van der Waals surface area contributed by atoms with Gasteiger partial charge in [0.25, 0.3) is 0 Å². The maximum Gasteiger partial charge on any atom is 0.326 e. The summed E-state index contributed by atoms with van der Waals surface area (Å²) in [5.41, 5.74) is 0.947. The van der Waals surface area contributed by atoms with E-state index in [1.165, 1.54) is 28.8 Å². The number of halogens is 1. The van der Waals surface area contributed by atoms with Crippen molar-refractivity contribution in [2.24, 2.45) is 0 Å². The van der Waals surface area contributed by atoms with Crippen molar-refractivity contribution in [1.82, 2.24) is 4.90 Å². The first kappa shape index (κ1) is 15.8. The van der Waals surface area contributed by atoms with Crippen molar-refractivity contribution in [3.8, 4) is 0 Å². The smallest absolute Gasteiger partial charge is 0.326 e.